The molecule has 0 radical (unpaired) electrons. The van der Waals surface area contributed by atoms with Gasteiger partial charge in [0.05, 0.1) is 5.69 Å². The number of hydrogen-bond donors (Lipinski definition) is 0. The van der Waals surface area contributed by atoms with Crippen molar-refractivity contribution in [1.29, 1.82) is 0 Å². The second-order valence-electron chi connectivity index (χ2n) is 13.5. The van der Waals surface area contributed by atoms with Gasteiger partial charge in [0.1, 0.15) is 19.6 Å². The van der Waals surface area contributed by atoms with Gasteiger partial charge in [-0.15, -0.1) is 11.3 Å². The molecule has 222 valence electrons. The van der Waals surface area contributed by atoms with E-state index in [0.717, 1.165) is 17.9 Å². The standard InChI is InChI=1S/C40H32BNOS2Si/c1-46(2)37-20-17-26(28-10-7-9-25-21-22-44-40(25)28)23-30(37)41-29-19-18-27(24-34(29)43-33-13-8-16-38(46)39(33)41)42-31-11-3-5-14-35(31)45-36-15-6-4-12-32(36)42/h3,5,7-11,13-14,16-24H,4,6,12,15H2,1-2H3. The minimum Gasteiger partial charge on any atom is -0.458 e. The highest BCUT2D eigenvalue weighted by Crippen LogP contribution is 2.51. The summed E-state index contributed by atoms with van der Waals surface area (Å²) in [7, 11) is -1.96. The Morgan fingerprint density at radius 2 is 1.65 bits per heavy atom. The molecule has 0 saturated heterocycles. The SMILES string of the molecule is C[Si]1(C)c2ccc(-c3cccc4ccsc34)cc2B2c3ccc(N4C5=C(CCCC5)Sc5ccccc54)cc3Oc3cccc1c32. The van der Waals surface area contributed by atoms with Crippen LogP contribution in [0.5, 0.6) is 11.5 Å². The number of rotatable bonds is 2. The number of nitrogens with zero attached hydrogens (tertiary/aromatic N) is 1. The predicted octanol–water partition coefficient (Wildman–Crippen LogP) is 8.36. The number of benzene rings is 5. The van der Waals surface area contributed by atoms with Crippen LogP contribution in [0, 0.1) is 0 Å². The molecule has 4 aliphatic rings. The third-order valence-electron chi connectivity index (χ3n) is 10.6. The van der Waals surface area contributed by atoms with Crippen LogP contribution < -0.4 is 36.4 Å². The van der Waals surface area contributed by atoms with Crippen LogP contribution in [0.2, 0.25) is 13.1 Å². The van der Waals surface area contributed by atoms with Crippen LogP contribution in [0.15, 0.2) is 124 Å². The first-order valence-electron chi connectivity index (χ1n) is 16.4. The molecule has 0 unspecified atom stereocenters. The molecule has 0 saturated carbocycles. The summed E-state index contributed by atoms with van der Waals surface area (Å²) >= 11 is 3.82. The van der Waals surface area contributed by atoms with E-state index in [-0.39, 0.29) is 6.71 Å². The lowest BCUT2D eigenvalue weighted by atomic mass is 9.35. The van der Waals surface area contributed by atoms with E-state index in [0.29, 0.717) is 0 Å². The van der Waals surface area contributed by atoms with Crippen LogP contribution in [0.1, 0.15) is 25.7 Å². The molecular weight excluding hydrogens is 613 g/mol. The van der Waals surface area contributed by atoms with Gasteiger partial charge in [-0.3, -0.25) is 0 Å². The van der Waals surface area contributed by atoms with Crippen LogP contribution in [-0.2, 0) is 0 Å². The number of ether oxygens (including phenoxy) is 1. The fourth-order valence-corrected chi connectivity index (χ4v) is 13.8. The summed E-state index contributed by atoms with van der Waals surface area (Å²) in [6.45, 7) is 5.17. The molecule has 0 bridgehead atoms. The second-order valence-corrected chi connectivity index (χ2v) is 19.9. The summed E-state index contributed by atoms with van der Waals surface area (Å²) in [5.74, 6) is 2.01. The Morgan fingerprint density at radius 1 is 0.761 bits per heavy atom. The third-order valence-corrected chi connectivity index (χ3v) is 16.4. The maximum Gasteiger partial charge on any atom is 0.250 e. The first-order valence-corrected chi connectivity index (χ1v) is 21.1. The van der Waals surface area contributed by atoms with E-state index in [2.05, 4.69) is 127 Å². The molecule has 4 heterocycles. The topological polar surface area (TPSA) is 12.5 Å². The Balaban J connectivity index is 1.17. The fraction of sp³-hybridized carbons (Fsp3) is 0.150. The highest BCUT2D eigenvalue weighted by molar-refractivity contribution is 8.03. The Bertz CT molecular complexity index is 2290. The Labute approximate surface area is 279 Å². The molecule has 5 aromatic carbocycles. The van der Waals surface area contributed by atoms with Crippen molar-refractivity contribution >= 4 is 86.1 Å². The Morgan fingerprint density at radius 3 is 2.61 bits per heavy atom. The zero-order valence-electron chi connectivity index (χ0n) is 26.0. The molecule has 0 amide bonds. The molecule has 6 heteroatoms. The van der Waals surface area contributed by atoms with Gasteiger partial charge in [-0.05, 0) is 88.8 Å². The number of thioether (sulfide) groups is 1. The van der Waals surface area contributed by atoms with Crippen LogP contribution >= 0.6 is 23.1 Å². The van der Waals surface area contributed by atoms with Crippen molar-refractivity contribution in [2.45, 2.75) is 43.7 Å². The Kier molecular flexibility index (Phi) is 5.92. The fourth-order valence-electron chi connectivity index (χ4n) is 8.47. The lowest BCUT2D eigenvalue weighted by Crippen LogP contribution is -2.77. The van der Waals surface area contributed by atoms with Gasteiger partial charge in [0.25, 0.3) is 6.71 Å². The van der Waals surface area contributed by atoms with E-state index in [1.54, 1.807) is 5.19 Å². The van der Waals surface area contributed by atoms with Crippen molar-refractivity contribution in [1.82, 2.24) is 0 Å². The van der Waals surface area contributed by atoms with Crippen molar-refractivity contribution < 1.29 is 4.74 Å². The number of fused-ring (bicyclic) bond motifs is 6. The molecule has 0 N–H and O–H groups in total. The molecule has 10 rings (SSSR count). The summed E-state index contributed by atoms with van der Waals surface area (Å²) in [5, 5.41) is 6.58. The summed E-state index contributed by atoms with van der Waals surface area (Å²) in [4.78, 5) is 5.40. The number of allylic oxidation sites excluding steroid dienone is 2. The van der Waals surface area contributed by atoms with Crippen LogP contribution in [-0.4, -0.2) is 14.8 Å². The van der Waals surface area contributed by atoms with E-state index in [4.69, 9.17) is 4.74 Å². The number of anilines is 2. The van der Waals surface area contributed by atoms with Crippen molar-refractivity contribution in [2.24, 2.45) is 0 Å². The van der Waals surface area contributed by atoms with Gasteiger partial charge in [0.2, 0.25) is 0 Å². The van der Waals surface area contributed by atoms with Gasteiger partial charge in [-0.2, -0.15) is 0 Å². The van der Waals surface area contributed by atoms with Crippen LogP contribution in [0.25, 0.3) is 21.2 Å². The zero-order valence-corrected chi connectivity index (χ0v) is 28.6. The zero-order chi connectivity index (χ0) is 30.6. The molecular formula is C40H32BNOS2Si. The molecule has 1 aromatic heterocycles. The van der Waals surface area contributed by atoms with Crippen LogP contribution in [0.4, 0.5) is 11.4 Å². The molecule has 2 nitrogen and oxygen atoms in total. The van der Waals surface area contributed by atoms with E-state index >= 15 is 0 Å². The predicted molar refractivity (Wildman–Crippen MR) is 202 cm³/mol. The third kappa shape index (κ3) is 3.84. The monoisotopic (exact) mass is 645 g/mol. The molecule has 0 fully saturated rings. The van der Waals surface area contributed by atoms with Gasteiger partial charge in [0.15, 0.2) is 0 Å². The van der Waals surface area contributed by atoms with E-state index in [1.807, 2.05) is 23.1 Å². The van der Waals surface area contributed by atoms with Gasteiger partial charge >= 0.3 is 0 Å². The normalized spacial score (nSPS) is 17.1. The lowest BCUT2D eigenvalue weighted by Gasteiger charge is -2.41. The molecule has 6 aromatic rings. The second kappa shape index (κ2) is 10.0. The maximum absolute atomic E-state index is 6.93. The van der Waals surface area contributed by atoms with Gasteiger partial charge in [0, 0.05) is 32.0 Å². The average molecular weight is 646 g/mol. The minimum absolute atomic E-state index is 0.149. The highest BCUT2D eigenvalue weighted by atomic mass is 32.2. The van der Waals surface area contributed by atoms with Crippen molar-refractivity contribution in [3.63, 3.8) is 0 Å². The summed E-state index contributed by atoms with van der Waals surface area (Å²) in [6, 6.07) is 39.0. The summed E-state index contributed by atoms with van der Waals surface area (Å²) in [6.07, 6.45) is 4.81. The van der Waals surface area contributed by atoms with Crippen molar-refractivity contribution in [3.05, 3.63) is 119 Å². The van der Waals surface area contributed by atoms with Crippen molar-refractivity contribution in [2.75, 3.05) is 4.90 Å². The average Bonchev–Trinajstić information content (AvgIpc) is 3.58. The van der Waals surface area contributed by atoms with E-state index < -0.39 is 8.07 Å². The quantitative estimate of drug-likeness (QED) is 0.176. The number of para-hydroxylation sites is 1. The van der Waals surface area contributed by atoms with E-state index in [9.17, 15) is 0 Å². The lowest BCUT2D eigenvalue weighted by molar-refractivity contribution is 0.488. The van der Waals surface area contributed by atoms with Gasteiger partial charge in [-0.25, -0.2) is 0 Å². The summed E-state index contributed by atoms with van der Waals surface area (Å²) in [5.41, 5.74) is 10.7. The highest BCUT2D eigenvalue weighted by Gasteiger charge is 2.46. The minimum atomic E-state index is -1.96. The smallest absolute Gasteiger partial charge is 0.250 e. The molecule has 0 spiro atoms. The van der Waals surface area contributed by atoms with Crippen LogP contribution in [0.3, 0.4) is 0 Å². The molecule has 0 atom stereocenters. The van der Waals surface area contributed by atoms with E-state index in [1.165, 1.54) is 88.9 Å². The number of thiophene rings is 1. The molecule has 3 aliphatic heterocycles. The number of hydrogen-bond acceptors (Lipinski definition) is 4. The molecule has 46 heavy (non-hydrogen) atoms. The maximum atomic E-state index is 6.93. The van der Waals surface area contributed by atoms with Crippen molar-refractivity contribution in [3.8, 4) is 22.6 Å². The molecule has 1 aliphatic carbocycles. The van der Waals surface area contributed by atoms with Gasteiger partial charge in [-0.1, -0.05) is 107 Å². The largest absolute Gasteiger partial charge is 0.458 e. The van der Waals surface area contributed by atoms with Gasteiger partial charge < -0.3 is 9.64 Å². The Hall–Kier alpha value is -3.97. The summed E-state index contributed by atoms with van der Waals surface area (Å²) < 4.78 is 8.29. The first-order chi connectivity index (χ1) is 22.6. The first kappa shape index (κ1) is 27.2.